The second-order valence-electron chi connectivity index (χ2n) is 6.44. The molecule has 3 rings (SSSR count). The van der Waals surface area contributed by atoms with E-state index in [9.17, 15) is 14.0 Å². The van der Waals surface area contributed by atoms with E-state index < -0.39 is 11.1 Å². The number of carbonyl (C=O) groups excluding carboxylic acids is 2. The van der Waals surface area contributed by atoms with Crippen molar-refractivity contribution in [2.75, 3.05) is 19.0 Å². The Balaban J connectivity index is 1.97. The van der Waals surface area contributed by atoms with Gasteiger partial charge in [0.1, 0.15) is 11.5 Å². The Bertz CT molecular complexity index is 940. The maximum atomic E-state index is 13.3. The summed E-state index contributed by atoms with van der Waals surface area (Å²) in [5.74, 6) is -0.792. The number of thioether (sulfide) groups is 1. The standard InChI is InChI=1S/C21H20FN3O2S/c1-14(19(26)24(2)3)28-21-23-18(13-15-7-5-4-6-8-15)20(27)25(21)17-11-9-16(22)10-12-17/h4-14H,1-3H3/b18-13-/t14-/m1/s1. The molecule has 28 heavy (non-hydrogen) atoms. The van der Waals surface area contributed by atoms with Crippen molar-refractivity contribution in [1.82, 2.24) is 4.90 Å². The predicted octanol–water partition coefficient (Wildman–Crippen LogP) is 3.78. The van der Waals surface area contributed by atoms with Gasteiger partial charge in [-0.1, -0.05) is 42.1 Å². The predicted molar refractivity (Wildman–Crippen MR) is 111 cm³/mol. The van der Waals surface area contributed by atoms with Gasteiger partial charge < -0.3 is 4.90 Å². The summed E-state index contributed by atoms with van der Waals surface area (Å²) in [5.41, 5.74) is 1.61. The maximum Gasteiger partial charge on any atom is 0.283 e. The molecule has 0 radical (unpaired) electrons. The van der Waals surface area contributed by atoms with Crippen molar-refractivity contribution in [2.45, 2.75) is 12.2 Å². The third-order valence-electron chi connectivity index (χ3n) is 4.09. The van der Waals surface area contributed by atoms with Crippen molar-refractivity contribution < 1.29 is 14.0 Å². The molecule has 0 spiro atoms. The molecule has 2 amide bonds. The molecule has 5 nitrogen and oxygen atoms in total. The van der Waals surface area contributed by atoms with Crippen LogP contribution in [0.25, 0.3) is 6.08 Å². The van der Waals surface area contributed by atoms with E-state index in [1.54, 1.807) is 27.1 Å². The minimum atomic E-state index is -0.430. The SMILES string of the molecule is C[C@@H](SC1=N/C(=C\c2ccccc2)C(=O)N1c1ccc(F)cc1)C(=O)N(C)C. The van der Waals surface area contributed by atoms with Crippen molar-refractivity contribution >= 4 is 40.5 Å². The van der Waals surface area contributed by atoms with Crippen LogP contribution in [-0.2, 0) is 9.59 Å². The van der Waals surface area contributed by atoms with Gasteiger partial charge in [-0.25, -0.2) is 9.38 Å². The molecule has 1 aliphatic heterocycles. The minimum absolute atomic E-state index is 0.0836. The van der Waals surface area contributed by atoms with E-state index in [1.165, 1.54) is 45.8 Å². The normalized spacial score (nSPS) is 16.3. The van der Waals surface area contributed by atoms with Crippen molar-refractivity contribution in [2.24, 2.45) is 4.99 Å². The zero-order valence-electron chi connectivity index (χ0n) is 15.8. The van der Waals surface area contributed by atoms with Crippen LogP contribution in [0, 0.1) is 5.82 Å². The van der Waals surface area contributed by atoms with Crippen LogP contribution >= 0.6 is 11.8 Å². The van der Waals surface area contributed by atoms with E-state index in [-0.39, 0.29) is 17.5 Å². The minimum Gasteiger partial charge on any atom is -0.348 e. The topological polar surface area (TPSA) is 53.0 Å². The van der Waals surface area contributed by atoms with Crippen molar-refractivity contribution in [1.29, 1.82) is 0 Å². The molecule has 144 valence electrons. The number of halogens is 1. The van der Waals surface area contributed by atoms with Gasteiger partial charge in [-0.2, -0.15) is 0 Å². The molecule has 0 fully saturated rings. The fraction of sp³-hybridized carbons (Fsp3) is 0.190. The maximum absolute atomic E-state index is 13.3. The summed E-state index contributed by atoms with van der Waals surface area (Å²) in [6, 6.07) is 15.0. The van der Waals surface area contributed by atoms with Crippen molar-refractivity contribution in [3.8, 4) is 0 Å². The van der Waals surface area contributed by atoms with Gasteiger partial charge in [0.05, 0.1) is 10.9 Å². The number of hydrogen-bond acceptors (Lipinski definition) is 4. The van der Waals surface area contributed by atoms with Gasteiger partial charge in [-0.3, -0.25) is 14.5 Å². The second kappa shape index (κ2) is 8.39. The average Bonchev–Trinajstić information content (AvgIpc) is 2.97. The monoisotopic (exact) mass is 397 g/mol. The zero-order chi connectivity index (χ0) is 20.3. The molecule has 0 unspecified atom stereocenters. The van der Waals surface area contributed by atoms with Crippen LogP contribution in [0.4, 0.5) is 10.1 Å². The zero-order valence-corrected chi connectivity index (χ0v) is 16.6. The van der Waals surface area contributed by atoms with Gasteiger partial charge in [0, 0.05) is 14.1 Å². The lowest BCUT2D eigenvalue weighted by Gasteiger charge is -2.21. The van der Waals surface area contributed by atoms with Crippen LogP contribution in [-0.4, -0.2) is 41.2 Å². The summed E-state index contributed by atoms with van der Waals surface area (Å²) in [6.07, 6.45) is 1.70. The Morgan fingerprint density at radius 2 is 1.79 bits per heavy atom. The van der Waals surface area contributed by atoms with Gasteiger partial charge in [-0.15, -0.1) is 0 Å². The molecule has 0 aromatic heterocycles. The number of aliphatic imine (C=N–C) groups is 1. The largest absolute Gasteiger partial charge is 0.348 e. The lowest BCUT2D eigenvalue weighted by molar-refractivity contribution is -0.127. The summed E-state index contributed by atoms with van der Waals surface area (Å²) in [7, 11) is 3.36. The first kappa shape index (κ1) is 19.8. The summed E-state index contributed by atoms with van der Waals surface area (Å²) >= 11 is 1.20. The molecule has 0 aliphatic carbocycles. The van der Waals surface area contributed by atoms with E-state index in [4.69, 9.17) is 0 Å². The van der Waals surface area contributed by atoms with E-state index in [2.05, 4.69) is 4.99 Å². The van der Waals surface area contributed by atoms with E-state index in [1.807, 2.05) is 30.3 Å². The molecular formula is C21H20FN3O2S. The highest BCUT2D eigenvalue weighted by molar-refractivity contribution is 8.15. The number of nitrogens with zero attached hydrogens (tertiary/aromatic N) is 3. The number of carbonyl (C=O) groups is 2. The van der Waals surface area contributed by atoms with Gasteiger partial charge in [0.25, 0.3) is 5.91 Å². The molecule has 1 heterocycles. The fourth-order valence-corrected chi connectivity index (χ4v) is 3.75. The summed E-state index contributed by atoms with van der Waals surface area (Å²) in [5, 5.41) is -0.0398. The summed E-state index contributed by atoms with van der Waals surface area (Å²) in [4.78, 5) is 32.7. The molecule has 2 aromatic rings. The molecule has 1 atom stereocenters. The highest BCUT2D eigenvalue weighted by Crippen LogP contribution is 2.31. The summed E-state index contributed by atoms with van der Waals surface area (Å²) < 4.78 is 13.3. The number of benzene rings is 2. The first-order chi connectivity index (χ1) is 13.4. The molecular weight excluding hydrogens is 377 g/mol. The highest BCUT2D eigenvalue weighted by atomic mass is 32.2. The van der Waals surface area contributed by atoms with Gasteiger partial charge in [0.2, 0.25) is 5.91 Å². The highest BCUT2D eigenvalue weighted by Gasteiger charge is 2.34. The van der Waals surface area contributed by atoms with Crippen molar-refractivity contribution in [3.05, 3.63) is 71.7 Å². The van der Waals surface area contributed by atoms with Crippen LogP contribution in [0.3, 0.4) is 0 Å². The Kier molecular flexibility index (Phi) is 5.94. The quantitative estimate of drug-likeness (QED) is 0.738. The molecule has 0 N–H and O–H groups in total. The third-order valence-corrected chi connectivity index (χ3v) is 5.13. The number of anilines is 1. The van der Waals surface area contributed by atoms with Crippen molar-refractivity contribution in [3.63, 3.8) is 0 Å². The first-order valence-corrected chi connectivity index (χ1v) is 9.58. The lowest BCUT2D eigenvalue weighted by Crippen LogP contribution is -2.35. The van der Waals surface area contributed by atoms with Gasteiger partial charge >= 0.3 is 0 Å². The lowest BCUT2D eigenvalue weighted by atomic mass is 10.2. The van der Waals surface area contributed by atoms with Gasteiger partial charge in [0.15, 0.2) is 5.17 Å². The molecule has 7 heteroatoms. The Morgan fingerprint density at radius 1 is 1.14 bits per heavy atom. The van der Waals surface area contributed by atoms with Crippen LogP contribution in [0.1, 0.15) is 12.5 Å². The van der Waals surface area contributed by atoms with Crippen LogP contribution in [0.15, 0.2) is 65.3 Å². The average molecular weight is 397 g/mol. The van der Waals surface area contributed by atoms with Gasteiger partial charge in [-0.05, 0) is 42.8 Å². The summed E-state index contributed by atoms with van der Waals surface area (Å²) in [6.45, 7) is 1.77. The molecule has 2 aromatic carbocycles. The Labute approximate surface area is 167 Å². The number of rotatable bonds is 4. The Morgan fingerprint density at radius 3 is 2.39 bits per heavy atom. The second-order valence-corrected chi connectivity index (χ2v) is 7.75. The number of amides is 2. The molecule has 0 saturated carbocycles. The number of amidine groups is 1. The first-order valence-electron chi connectivity index (χ1n) is 8.70. The van der Waals surface area contributed by atoms with E-state index >= 15 is 0 Å². The Hall–Kier alpha value is -2.93. The molecule has 0 bridgehead atoms. The smallest absolute Gasteiger partial charge is 0.283 e. The van der Waals surface area contributed by atoms with Crippen LogP contribution in [0.2, 0.25) is 0 Å². The fourth-order valence-electron chi connectivity index (χ4n) is 2.67. The van der Waals surface area contributed by atoms with E-state index in [0.29, 0.717) is 10.9 Å². The number of hydrogen-bond donors (Lipinski definition) is 0. The van der Waals surface area contributed by atoms with Crippen LogP contribution in [0.5, 0.6) is 0 Å². The third kappa shape index (κ3) is 4.31. The van der Waals surface area contributed by atoms with E-state index in [0.717, 1.165) is 5.56 Å². The van der Waals surface area contributed by atoms with Crippen LogP contribution < -0.4 is 4.90 Å². The molecule has 0 saturated heterocycles. The molecule has 1 aliphatic rings.